The second kappa shape index (κ2) is 5.36. The van der Waals surface area contributed by atoms with Gasteiger partial charge < -0.3 is 14.7 Å². The number of carboxylic acid groups (broad SMARTS) is 1. The monoisotopic (exact) mass is 241 g/mol. The number of hydrogen-bond donors (Lipinski definition) is 1. The highest BCUT2D eigenvalue weighted by Gasteiger charge is 2.41. The van der Waals surface area contributed by atoms with Crippen LogP contribution in [0.3, 0.4) is 0 Å². The van der Waals surface area contributed by atoms with Crippen LogP contribution < -0.4 is 0 Å². The van der Waals surface area contributed by atoms with Crippen LogP contribution >= 0.6 is 0 Å². The van der Waals surface area contributed by atoms with E-state index in [9.17, 15) is 9.90 Å². The van der Waals surface area contributed by atoms with Gasteiger partial charge in [-0.15, -0.1) is 0 Å². The number of aliphatic carboxylic acids is 1. The molecule has 2 atom stereocenters. The van der Waals surface area contributed by atoms with Crippen LogP contribution in [0.2, 0.25) is 0 Å². The summed E-state index contributed by atoms with van der Waals surface area (Å²) >= 11 is 0. The molecule has 4 heteroatoms. The summed E-state index contributed by atoms with van der Waals surface area (Å²) in [5.74, 6) is -0.0103. The molecule has 0 aromatic carbocycles. The van der Waals surface area contributed by atoms with Crippen molar-refractivity contribution in [2.24, 2.45) is 11.3 Å². The number of piperidine rings is 1. The van der Waals surface area contributed by atoms with E-state index < -0.39 is 11.4 Å². The lowest BCUT2D eigenvalue weighted by molar-refractivity contribution is -0.153. The van der Waals surface area contributed by atoms with Crippen LogP contribution in [0.25, 0.3) is 0 Å². The third kappa shape index (κ3) is 2.80. The highest BCUT2D eigenvalue weighted by atomic mass is 16.5. The van der Waals surface area contributed by atoms with Gasteiger partial charge in [0.2, 0.25) is 0 Å². The Bertz CT molecular complexity index is 276. The molecule has 0 bridgehead atoms. The fourth-order valence-corrected chi connectivity index (χ4v) is 3.09. The number of carbonyl (C=O) groups is 1. The van der Waals surface area contributed by atoms with Crippen molar-refractivity contribution in [1.82, 2.24) is 4.90 Å². The summed E-state index contributed by atoms with van der Waals surface area (Å²) < 4.78 is 5.38. The molecule has 0 radical (unpaired) electrons. The molecule has 0 aromatic heterocycles. The zero-order valence-electron chi connectivity index (χ0n) is 10.7. The van der Waals surface area contributed by atoms with Gasteiger partial charge in [-0.1, -0.05) is 6.92 Å². The van der Waals surface area contributed by atoms with Crippen molar-refractivity contribution in [2.75, 3.05) is 32.8 Å². The standard InChI is InChI=1S/C13H23NO3/c1-2-13(12(15)16)5-3-6-14(10-13)8-11-4-7-17-9-11/h11H,2-10H2,1H3,(H,15,16). The average Bonchev–Trinajstić information content (AvgIpc) is 2.82. The van der Waals surface area contributed by atoms with Crippen molar-refractivity contribution in [3.8, 4) is 0 Å². The number of nitrogens with zero attached hydrogens (tertiary/aromatic N) is 1. The molecule has 0 spiro atoms. The van der Waals surface area contributed by atoms with Crippen LogP contribution in [-0.2, 0) is 9.53 Å². The SMILES string of the molecule is CCC1(C(=O)O)CCCN(CC2CCOC2)C1. The van der Waals surface area contributed by atoms with Gasteiger partial charge in [-0.3, -0.25) is 4.79 Å². The minimum absolute atomic E-state index is 0.502. The van der Waals surface area contributed by atoms with Gasteiger partial charge >= 0.3 is 5.97 Å². The maximum absolute atomic E-state index is 11.4. The van der Waals surface area contributed by atoms with E-state index in [4.69, 9.17) is 4.74 Å². The Hall–Kier alpha value is -0.610. The molecule has 0 aliphatic carbocycles. The second-order valence-electron chi connectivity index (χ2n) is 5.51. The molecule has 98 valence electrons. The molecular formula is C13H23NO3. The maximum Gasteiger partial charge on any atom is 0.310 e. The van der Waals surface area contributed by atoms with Crippen LogP contribution in [0.4, 0.5) is 0 Å². The number of hydrogen-bond acceptors (Lipinski definition) is 3. The average molecular weight is 241 g/mol. The Labute approximate surface area is 103 Å². The molecule has 2 heterocycles. The van der Waals surface area contributed by atoms with Crippen molar-refractivity contribution < 1.29 is 14.6 Å². The van der Waals surface area contributed by atoms with E-state index in [-0.39, 0.29) is 0 Å². The summed E-state index contributed by atoms with van der Waals surface area (Å²) in [5, 5.41) is 9.42. The minimum atomic E-state index is -0.618. The van der Waals surface area contributed by atoms with E-state index in [1.165, 1.54) is 0 Å². The molecule has 2 rings (SSSR count). The summed E-state index contributed by atoms with van der Waals surface area (Å²) in [7, 11) is 0. The normalized spacial score (nSPS) is 35.0. The number of rotatable bonds is 4. The lowest BCUT2D eigenvalue weighted by atomic mass is 9.77. The summed E-state index contributed by atoms with van der Waals surface area (Å²) in [6, 6.07) is 0. The van der Waals surface area contributed by atoms with E-state index in [1.54, 1.807) is 0 Å². The van der Waals surface area contributed by atoms with Gasteiger partial charge in [0.25, 0.3) is 0 Å². The molecule has 4 nitrogen and oxygen atoms in total. The van der Waals surface area contributed by atoms with Crippen molar-refractivity contribution in [3.05, 3.63) is 0 Å². The Morgan fingerprint density at radius 1 is 1.59 bits per heavy atom. The van der Waals surface area contributed by atoms with Crippen LogP contribution in [-0.4, -0.2) is 48.8 Å². The van der Waals surface area contributed by atoms with Gasteiger partial charge in [-0.2, -0.15) is 0 Å². The van der Waals surface area contributed by atoms with Gasteiger partial charge in [-0.25, -0.2) is 0 Å². The zero-order valence-corrected chi connectivity index (χ0v) is 10.7. The van der Waals surface area contributed by atoms with Crippen LogP contribution in [0.15, 0.2) is 0 Å². The first-order chi connectivity index (χ1) is 8.16. The van der Waals surface area contributed by atoms with Crippen LogP contribution in [0.5, 0.6) is 0 Å². The highest BCUT2D eigenvalue weighted by Crippen LogP contribution is 2.34. The van der Waals surface area contributed by atoms with Gasteiger partial charge in [0.15, 0.2) is 0 Å². The molecule has 0 saturated carbocycles. The van der Waals surface area contributed by atoms with Gasteiger partial charge in [0.1, 0.15) is 0 Å². The lowest BCUT2D eigenvalue weighted by Crippen LogP contribution is -2.48. The predicted octanol–water partition coefficient (Wildman–Crippen LogP) is 1.60. The van der Waals surface area contributed by atoms with E-state index >= 15 is 0 Å². The van der Waals surface area contributed by atoms with E-state index in [1.807, 2.05) is 6.92 Å². The molecule has 1 N–H and O–H groups in total. The molecule has 0 aromatic rings. The highest BCUT2D eigenvalue weighted by molar-refractivity contribution is 5.75. The second-order valence-corrected chi connectivity index (χ2v) is 5.51. The summed E-state index contributed by atoms with van der Waals surface area (Å²) in [6.45, 7) is 6.49. The lowest BCUT2D eigenvalue weighted by Gasteiger charge is -2.40. The molecule has 2 unspecified atom stereocenters. The fourth-order valence-electron chi connectivity index (χ4n) is 3.09. The van der Waals surface area contributed by atoms with Crippen molar-refractivity contribution >= 4 is 5.97 Å². The van der Waals surface area contributed by atoms with Gasteiger partial charge in [0, 0.05) is 19.7 Å². The summed E-state index contributed by atoms with van der Waals surface area (Å²) in [5.41, 5.74) is -0.502. The summed E-state index contributed by atoms with van der Waals surface area (Å²) in [6.07, 6.45) is 3.70. The molecule has 17 heavy (non-hydrogen) atoms. The van der Waals surface area contributed by atoms with Crippen LogP contribution in [0.1, 0.15) is 32.6 Å². The van der Waals surface area contributed by atoms with E-state index in [0.29, 0.717) is 5.92 Å². The molecular weight excluding hydrogens is 218 g/mol. The molecule has 2 aliphatic heterocycles. The number of likely N-dealkylation sites (tertiary alicyclic amines) is 1. The quantitative estimate of drug-likeness (QED) is 0.812. The van der Waals surface area contributed by atoms with Gasteiger partial charge in [0.05, 0.1) is 12.0 Å². The molecule has 2 fully saturated rings. The number of carboxylic acids is 1. The first kappa shape index (κ1) is 12.8. The largest absolute Gasteiger partial charge is 0.481 e. The zero-order chi connectivity index (χ0) is 12.3. The van der Waals surface area contributed by atoms with Crippen LogP contribution in [0, 0.1) is 11.3 Å². The topological polar surface area (TPSA) is 49.8 Å². The van der Waals surface area contributed by atoms with Gasteiger partial charge in [-0.05, 0) is 38.1 Å². The maximum atomic E-state index is 11.4. The van der Waals surface area contributed by atoms with Crippen molar-refractivity contribution in [1.29, 1.82) is 0 Å². The van der Waals surface area contributed by atoms with Crippen molar-refractivity contribution in [2.45, 2.75) is 32.6 Å². The molecule has 2 aliphatic rings. The third-order valence-corrected chi connectivity index (χ3v) is 4.33. The smallest absolute Gasteiger partial charge is 0.310 e. The Kier molecular flexibility index (Phi) is 4.05. The third-order valence-electron chi connectivity index (χ3n) is 4.33. The predicted molar refractivity (Wildman–Crippen MR) is 65.0 cm³/mol. The molecule has 2 saturated heterocycles. The molecule has 0 amide bonds. The Morgan fingerprint density at radius 2 is 2.41 bits per heavy atom. The van der Waals surface area contributed by atoms with Crippen molar-refractivity contribution in [3.63, 3.8) is 0 Å². The Balaban J connectivity index is 1.93. The minimum Gasteiger partial charge on any atom is -0.481 e. The summed E-state index contributed by atoms with van der Waals surface area (Å²) in [4.78, 5) is 13.8. The number of ether oxygens (including phenoxy) is 1. The first-order valence-electron chi connectivity index (χ1n) is 6.70. The Morgan fingerprint density at radius 3 is 3.00 bits per heavy atom. The van der Waals surface area contributed by atoms with E-state index in [0.717, 1.165) is 58.5 Å². The fraction of sp³-hybridized carbons (Fsp3) is 0.923. The first-order valence-corrected chi connectivity index (χ1v) is 6.70. The van der Waals surface area contributed by atoms with E-state index in [2.05, 4.69) is 4.90 Å².